The quantitative estimate of drug-likeness (QED) is 0.874. The second kappa shape index (κ2) is 5.74. The largest absolute Gasteiger partial charge is 0.345 e. The lowest BCUT2D eigenvalue weighted by molar-refractivity contribution is -0.133. The molecule has 0 radical (unpaired) electrons. The molecule has 1 fully saturated rings. The van der Waals surface area contributed by atoms with E-state index in [2.05, 4.69) is 29.1 Å². The van der Waals surface area contributed by atoms with Gasteiger partial charge in [-0.25, -0.2) is 4.98 Å². The molecule has 2 N–H and O–H groups in total. The number of aromatic amines is 1. The Bertz CT molecular complexity index is 593. The summed E-state index contributed by atoms with van der Waals surface area (Å²) in [5.41, 5.74) is 2.19. The summed E-state index contributed by atoms with van der Waals surface area (Å²) in [4.78, 5) is 34.0. The van der Waals surface area contributed by atoms with Crippen molar-refractivity contribution in [3.8, 4) is 0 Å². The number of nitrogens with zero attached hydrogens (tertiary/aromatic N) is 2. The van der Waals surface area contributed by atoms with Crippen molar-refractivity contribution in [3.05, 3.63) is 17.2 Å². The molecule has 22 heavy (non-hydrogen) atoms. The molecule has 6 heteroatoms. The Morgan fingerprint density at radius 3 is 2.82 bits per heavy atom. The van der Waals surface area contributed by atoms with Crippen LogP contribution in [0.15, 0.2) is 0 Å². The van der Waals surface area contributed by atoms with E-state index < -0.39 is 0 Å². The average molecular weight is 304 g/mol. The van der Waals surface area contributed by atoms with Crippen LogP contribution in [0.25, 0.3) is 0 Å². The summed E-state index contributed by atoms with van der Waals surface area (Å²) in [6.07, 6.45) is 3.03. The first-order valence-electron chi connectivity index (χ1n) is 8.08. The van der Waals surface area contributed by atoms with E-state index in [0.717, 1.165) is 36.6 Å². The average Bonchev–Trinajstić information content (AvgIpc) is 3.05. The first-order chi connectivity index (χ1) is 10.5. The molecule has 0 unspecified atom stereocenters. The van der Waals surface area contributed by atoms with E-state index in [1.807, 2.05) is 0 Å². The molecule has 1 aliphatic carbocycles. The number of nitrogens with one attached hydrogen (secondary N) is 2. The van der Waals surface area contributed by atoms with Gasteiger partial charge in [0.15, 0.2) is 0 Å². The minimum atomic E-state index is -0.341. The number of rotatable bonds is 3. The number of likely N-dealkylation sites (N-methyl/N-ethyl adjacent to an activating group) is 1. The molecule has 2 aliphatic rings. The summed E-state index contributed by atoms with van der Waals surface area (Å²) in [6, 6.07) is -0.341. The number of H-pyrrole nitrogens is 1. The SMILES string of the molecule is CC(C)c1nc2c([nH]1)C[C@H](C(=O)N[C@@H]1CCN(C)C1=O)CC2. The van der Waals surface area contributed by atoms with Gasteiger partial charge in [0.2, 0.25) is 11.8 Å². The lowest BCUT2D eigenvalue weighted by Crippen LogP contribution is -2.44. The number of hydrogen-bond acceptors (Lipinski definition) is 3. The highest BCUT2D eigenvalue weighted by Gasteiger charge is 2.34. The maximum Gasteiger partial charge on any atom is 0.244 e. The van der Waals surface area contributed by atoms with Gasteiger partial charge >= 0.3 is 0 Å². The van der Waals surface area contributed by atoms with E-state index in [1.54, 1.807) is 11.9 Å². The van der Waals surface area contributed by atoms with Crippen molar-refractivity contribution in [1.82, 2.24) is 20.2 Å². The van der Waals surface area contributed by atoms with Crippen molar-refractivity contribution < 1.29 is 9.59 Å². The molecule has 6 nitrogen and oxygen atoms in total. The van der Waals surface area contributed by atoms with Gasteiger partial charge in [-0.3, -0.25) is 9.59 Å². The van der Waals surface area contributed by atoms with E-state index in [9.17, 15) is 9.59 Å². The van der Waals surface area contributed by atoms with Crippen LogP contribution in [0.1, 0.15) is 49.8 Å². The van der Waals surface area contributed by atoms with Gasteiger partial charge in [0.1, 0.15) is 11.9 Å². The van der Waals surface area contributed by atoms with Crippen LogP contribution in [0.5, 0.6) is 0 Å². The van der Waals surface area contributed by atoms with Gasteiger partial charge < -0.3 is 15.2 Å². The Kier molecular flexibility index (Phi) is 3.93. The predicted molar refractivity (Wildman–Crippen MR) is 82.4 cm³/mol. The van der Waals surface area contributed by atoms with Crippen molar-refractivity contribution in [2.24, 2.45) is 5.92 Å². The van der Waals surface area contributed by atoms with Crippen LogP contribution in [-0.4, -0.2) is 46.3 Å². The Morgan fingerprint density at radius 1 is 1.41 bits per heavy atom. The minimum absolute atomic E-state index is 0.00000283. The molecular weight excluding hydrogens is 280 g/mol. The summed E-state index contributed by atoms with van der Waals surface area (Å²) < 4.78 is 0. The van der Waals surface area contributed by atoms with E-state index in [4.69, 9.17) is 0 Å². The molecule has 3 rings (SSSR count). The fourth-order valence-corrected chi connectivity index (χ4v) is 3.25. The van der Waals surface area contributed by atoms with Gasteiger partial charge in [-0.2, -0.15) is 0 Å². The first kappa shape index (κ1) is 15.1. The third-order valence-electron chi connectivity index (χ3n) is 4.72. The zero-order valence-corrected chi connectivity index (χ0v) is 13.5. The number of fused-ring (bicyclic) bond motifs is 1. The number of likely N-dealkylation sites (tertiary alicyclic amines) is 1. The Morgan fingerprint density at radius 2 is 2.18 bits per heavy atom. The van der Waals surface area contributed by atoms with E-state index in [1.165, 1.54) is 0 Å². The fraction of sp³-hybridized carbons (Fsp3) is 0.688. The Hall–Kier alpha value is -1.85. The maximum atomic E-state index is 12.4. The smallest absolute Gasteiger partial charge is 0.244 e. The topological polar surface area (TPSA) is 78.1 Å². The lowest BCUT2D eigenvalue weighted by atomic mass is 9.89. The summed E-state index contributed by atoms with van der Waals surface area (Å²) in [5, 5.41) is 2.92. The maximum absolute atomic E-state index is 12.4. The molecule has 0 spiro atoms. The summed E-state index contributed by atoms with van der Waals surface area (Å²) in [6.45, 7) is 4.93. The Labute approximate surface area is 130 Å². The molecule has 0 saturated carbocycles. The van der Waals surface area contributed by atoms with Gasteiger partial charge in [-0.1, -0.05) is 13.8 Å². The number of imidazole rings is 1. The molecule has 2 amide bonds. The third-order valence-corrected chi connectivity index (χ3v) is 4.72. The van der Waals surface area contributed by atoms with Crippen LogP contribution in [-0.2, 0) is 22.4 Å². The standard InChI is InChI=1S/C16H24N4O2/c1-9(2)14-17-11-5-4-10(8-13(11)18-14)15(21)19-12-6-7-20(3)16(12)22/h9-10,12H,4-8H2,1-3H3,(H,17,18)(H,19,21)/t10-,12-/m1/s1. The fourth-order valence-electron chi connectivity index (χ4n) is 3.25. The molecule has 0 bridgehead atoms. The Balaban J connectivity index is 1.64. The second-order valence-electron chi connectivity index (χ2n) is 6.75. The van der Waals surface area contributed by atoms with Crippen molar-refractivity contribution in [2.45, 2.75) is 51.5 Å². The van der Waals surface area contributed by atoms with Gasteiger partial charge in [0.05, 0.1) is 5.69 Å². The molecular formula is C16H24N4O2. The number of amides is 2. The first-order valence-corrected chi connectivity index (χ1v) is 8.08. The van der Waals surface area contributed by atoms with Crippen LogP contribution in [0.4, 0.5) is 0 Å². The molecule has 1 aromatic rings. The number of carbonyl (C=O) groups excluding carboxylic acids is 2. The van der Waals surface area contributed by atoms with Crippen LogP contribution >= 0.6 is 0 Å². The normalized spacial score (nSPS) is 24.7. The number of carbonyl (C=O) groups is 2. The van der Waals surface area contributed by atoms with Crippen LogP contribution in [0, 0.1) is 5.92 Å². The minimum Gasteiger partial charge on any atom is -0.345 e. The second-order valence-corrected chi connectivity index (χ2v) is 6.75. The van der Waals surface area contributed by atoms with Crippen molar-refractivity contribution in [1.29, 1.82) is 0 Å². The molecule has 2 heterocycles. The highest BCUT2D eigenvalue weighted by molar-refractivity contribution is 5.89. The molecule has 1 saturated heterocycles. The molecule has 2 atom stereocenters. The molecule has 1 aromatic heterocycles. The molecule has 0 aromatic carbocycles. The lowest BCUT2D eigenvalue weighted by Gasteiger charge is -2.22. The zero-order chi connectivity index (χ0) is 15.9. The summed E-state index contributed by atoms with van der Waals surface area (Å²) >= 11 is 0. The van der Waals surface area contributed by atoms with Gasteiger partial charge in [0, 0.05) is 37.5 Å². The highest BCUT2D eigenvalue weighted by atomic mass is 16.2. The van der Waals surface area contributed by atoms with E-state index in [-0.39, 0.29) is 23.8 Å². The van der Waals surface area contributed by atoms with Crippen molar-refractivity contribution >= 4 is 11.8 Å². The number of aryl methyl sites for hydroxylation is 1. The van der Waals surface area contributed by atoms with Crippen molar-refractivity contribution in [3.63, 3.8) is 0 Å². The van der Waals surface area contributed by atoms with Crippen molar-refractivity contribution in [2.75, 3.05) is 13.6 Å². The highest BCUT2D eigenvalue weighted by Crippen LogP contribution is 2.26. The number of hydrogen-bond donors (Lipinski definition) is 2. The molecule has 120 valence electrons. The van der Waals surface area contributed by atoms with E-state index >= 15 is 0 Å². The monoisotopic (exact) mass is 304 g/mol. The predicted octanol–water partition coefficient (Wildman–Crippen LogP) is 0.985. The summed E-state index contributed by atoms with van der Waals surface area (Å²) in [7, 11) is 1.78. The van der Waals surface area contributed by atoms with Crippen LogP contribution in [0.3, 0.4) is 0 Å². The van der Waals surface area contributed by atoms with E-state index in [0.29, 0.717) is 18.8 Å². The van der Waals surface area contributed by atoms with Gasteiger partial charge in [-0.05, 0) is 19.3 Å². The summed E-state index contributed by atoms with van der Waals surface area (Å²) in [5.74, 6) is 1.32. The zero-order valence-electron chi connectivity index (χ0n) is 13.5. The van der Waals surface area contributed by atoms with Gasteiger partial charge in [0.25, 0.3) is 0 Å². The van der Waals surface area contributed by atoms with Crippen LogP contribution < -0.4 is 5.32 Å². The van der Waals surface area contributed by atoms with Gasteiger partial charge in [-0.15, -0.1) is 0 Å². The third kappa shape index (κ3) is 2.74. The molecule has 1 aliphatic heterocycles. The number of aromatic nitrogens is 2. The van der Waals surface area contributed by atoms with Crippen LogP contribution in [0.2, 0.25) is 0 Å².